The molecule has 2 aliphatic rings. The van der Waals surface area contributed by atoms with Crippen molar-refractivity contribution in [1.82, 2.24) is 30.1 Å². The maximum Gasteiger partial charge on any atom is 0.291 e. The Hall–Kier alpha value is -1.74. The Bertz CT molecular complexity index is 1010. The van der Waals surface area contributed by atoms with Gasteiger partial charge in [0.05, 0.1) is 5.69 Å². The SMILES string of the molecule is CCc1nn(-c2noc(C3CCN(CC4CCNCC4)CC3)n2)c2c(F)cccc12.Cl.Cl. The van der Waals surface area contributed by atoms with Crippen LogP contribution < -0.4 is 5.32 Å². The first-order chi connectivity index (χ1) is 14.7. The first-order valence-electron chi connectivity index (χ1n) is 11.2. The standard InChI is InChI=1S/C22H29FN6O.2ClH/c1-2-19-17-4-3-5-18(23)20(17)29(26-19)22-25-21(30-27-22)16-8-12-28(13-9-16)14-15-6-10-24-11-7-15;;/h3-5,15-16,24H,2,6-14H2,1H3;2*1H. The van der Waals surface area contributed by atoms with E-state index in [1.165, 1.54) is 30.1 Å². The highest BCUT2D eigenvalue weighted by Crippen LogP contribution is 2.29. The molecule has 2 aromatic heterocycles. The number of hydrogen-bond donors (Lipinski definition) is 1. The predicted molar refractivity (Wildman–Crippen MR) is 127 cm³/mol. The Morgan fingerprint density at radius 3 is 2.59 bits per heavy atom. The monoisotopic (exact) mass is 484 g/mol. The largest absolute Gasteiger partial charge is 0.337 e. The topological polar surface area (TPSA) is 72.0 Å². The molecule has 3 aromatic rings. The summed E-state index contributed by atoms with van der Waals surface area (Å²) in [5, 5.41) is 12.9. The van der Waals surface area contributed by atoms with Crippen LogP contribution in [0.5, 0.6) is 0 Å². The molecule has 0 amide bonds. The van der Waals surface area contributed by atoms with E-state index in [-0.39, 0.29) is 36.5 Å². The third kappa shape index (κ3) is 4.93. The number of rotatable bonds is 5. The summed E-state index contributed by atoms with van der Waals surface area (Å²) in [5.74, 6) is 1.71. The maximum absolute atomic E-state index is 14.5. The number of fused-ring (bicyclic) bond motifs is 1. The Morgan fingerprint density at radius 1 is 1.12 bits per heavy atom. The zero-order valence-corrected chi connectivity index (χ0v) is 19.9. The summed E-state index contributed by atoms with van der Waals surface area (Å²) in [6.45, 7) is 7.62. The number of aromatic nitrogens is 4. The summed E-state index contributed by atoms with van der Waals surface area (Å²) in [5.41, 5.74) is 1.25. The van der Waals surface area contributed by atoms with E-state index in [1.807, 2.05) is 13.0 Å². The first kappa shape index (κ1) is 24.9. The molecule has 2 aliphatic heterocycles. The third-order valence-corrected chi connectivity index (χ3v) is 6.60. The highest BCUT2D eigenvalue weighted by Gasteiger charge is 2.28. The Kier molecular flexibility index (Phi) is 8.49. The van der Waals surface area contributed by atoms with Crippen molar-refractivity contribution in [3.05, 3.63) is 35.6 Å². The van der Waals surface area contributed by atoms with Gasteiger partial charge in [-0.2, -0.15) is 14.8 Å². The fourth-order valence-corrected chi connectivity index (χ4v) is 4.86. The molecule has 0 saturated carbocycles. The second-order valence-electron chi connectivity index (χ2n) is 8.55. The molecule has 2 fully saturated rings. The van der Waals surface area contributed by atoms with Crippen LogP contribution in [0.3, 0.4) is 0 Å². The van der Waals surface area contributed by atoms with E-state index in [2.05, 4.69) is 25.5 Å². The summed E-state index contributed by atoms with van der Waals surface area (Å²) < 4.78 is 21.6. The van der Waals surface area contributed by atoms with E-state index < -0.39 is 0 Å². The van der Waals surface area contributed by atoms with Gasteiger partial charge in [0.2, 0.25) is 5.89 Å². The average molecular weight is 485 g/mol. The van der Waals surface area contributed by atoms with Crippen LogP contribution in [0.15, 0.2) is 22.7 Å². The second kappa shape index (κ2) is 10.9. The summed E-state index contributed by atoms with van der Waals surface area (Å²) in [6.07, 6.45) is 5.30. The van der Waals surface area contributed by atoms with Crippen molar-refractivity contribution in [2.24, 2.45) is 5.92 Å². The minimum Gasteiger partial charge on any atom is -0.337 e. The molecule has 0 unspecified atom stereocenters. The van der Waals surface area contributed by atoms with E-state index in [4.69, 9.17) is 4.52 Å². The molecule has 0 aliphatic carbocycles. The lowest BCUT2D eigenvalue weighted by Gasteiger charge is -2.34. The first-order valence-corrected chi connectivity index (χ1v) is 11.2. The van der Waals surface area contributed by atoms with Gasteiger partial charge >= 0.3 is 0 Å². The van der Waals surface area contributed by atoms with Gasteiger partial charge in [-0.25, -0.2) is 4.39 Å². The van der Waals surface area contributed by atoms with Crippen LogP contribution >= 0.6 is 24.8 Å². The lowest BCUT2D eigenvalue weighted by atomic mass is 9.93. The molecule has 10 heteroatoms. The number of halogens is 3. The number of hydrogen-bond acceptors (Lipinski definition) is 6. The molecule has 5 rings (SSSR count). The summed E-state index contributed by atoms with van der Waals surface area (Å²) in [4.78, 5) is 7.19. The second-order valence-corrected chi connectivity index (χ2v) is 8.55. The van der Waals surface area contributed by atoms with Gasteiger partial charge < -0.3 is 14.7 Å². The van der Waals surface area contributed by atoms with E-state index in [9.17, 15) is 4.39 Å². The van der Waals surface area contributed by atoms with Crippen LogP contribution in [-0.4, -0.2) is 57.5 Å². The number of benzene rings is 1. The van der Waals surface area contributed by atoms with E-state index >= 15 is 0 Å². The molecule has 0 radical (unpaired) electrons. The van der Waals surface area contributed by atoms with Gasteiger partial charge in [0, 0.05) is 17.8 Å². The van der Waals surface area contributed by atoms with Gasteiger partial charge in [0.1, 0.15) is 11.3 Å². The van der Waals surface area contributed by atoms with E-state index in [1.54, 1.807) is 6.07 Å². The van der Waals surface area contributed by atoms with Crippen LogP contribution in [0.1, 0.15) is 50.1 Å². The van der Waals surface area contributed by atoms with Crippen LogP contribution in [0.25, 0.3) is 16.9 Å². The van der Waals surface area contributed by atoms with Crippen molar-refractivity contribution >= 4 is 35.7 Å². The number of likely N-dealkylation sites (tertiary alicyclic amines) is 1. The highest BCUT2D eigenvalue weighted by atomic mass is 35.5. The quantitative estimate of drug-likeness (QED) is 0.586. The average Bonchev–Trinajstić information content (AvgIpc) is 3.40. The molecule has 176 valence electrons. The molecule has 1 N–H and O–H groups in total. The van der Waals surface area contributed by atoms with Crippen LogP contribution in [0.4, 0.5) is 4.39 Å². The van der Waals surface area contributed by atoms with Crippen LogP contribution in [-0.2, 0) is 6.42 Å². The minimum absolute atomic E-state index is 0. The molecule has 1 aromatic carbocycles. The molecule has 4 heterocycles. The zero-order valence-electron chi connectivity index (χ0n) is 18.3. The van der Waals surface area contributed by atoms with Crippen molar-refractivity contribution < 1.29 is 8.91 Å². The van der Waals surface area contributed by atoms with E-state index in [0.29, 0.717) is 23.8 Å². The van der Waals surface area contributed by atoms with Gasteiger partial charge in [-0.3, -0.25) is 0 Å². The van der Waals surface area contributed by atoms with Gasteiger partial charge in [0.15, 0.2) is 0 Å². The third-order valence-electron chi connectivity index (χ3n) is 6.60. The Balaban J connectivity index is 0.00000144. The smallest absolute Gasteiger partial charge is 0.291 e. The normalized spacial score (nSPS) is 18.4. The molecule has 0 spiro atoms. The highest BCUT2D eigenvalue weighted by molar-refractivity contribution is 5.85. The van der Waals surface area contributed by atoms with E-state index in [0.717, 1.165) is 56.0 Å². The molecule has 0 atom stereocenters. The van der Waals surface area contributed by atoms with Crippen LogP contribution in [0.2, 0.25) is 0 Å². The fraction of sp³-hybridized carbons (Fsp3) is 0.591. The van der Waals surface area contributed by atoms with Crippen molar-refractivity contribution in [3.8, 4) is 5.95 Å². The maximum atomic E-state index is 14.5. The molecular formula is C22H31Cl2FN6O. The fourth-order valence-electron chi connectivity index (χ4n) is 4.86. The van der Waals surface area contributed by atoms with Crippen molar-refractivity contribution in [1.29, 1.82) is 0 Å². The lowest BCUT2D eigenvalue weighted by Crippen LogP contribution is -2.39. The molecule has 32 heavy (non-hydrogen) atoms. The van der Waals surface area contributed by atoms with Gasteiger partial charge in [-0.15, -0.1) is 24.8 Å². The number of piperidine rings is 2. The van der Waals surface area contributed by atoms with Crippen molar-refractivity contribution in [2.45, 2.75) is 44.9 Å². The van der Waals surface area contributed by atoms with Crippen LogP contribution in [0, 0.1) is 11.7 Å². The number of para-hydroxylation sites is 1. The molecule has 0 bridgehead atoms. The summed E-state index contributed by atoms with van der Waals surface area (Å²) >= 11 is 0. The minimum atomic E-state index is -0.322. The number of nitrogens with one attached hydrogen (secondary N) is 1. The Labute approximate surface area is 199 Å². The zero-order chi connectivity index (χ0) is 20.5. The van der Waals surface area contributed by atoms with Gasteiger partial charge in [-0.05, 0) is 75.4 Å². The molecular weight excluding hydrogens is 454 g/mol. The molecule has 2 saturated heterocycles. The number of nitrogens with zero attached hydrogens (tertiary/aromatic N) is 5. The number of aryl methyl sites for hydroxylation is 1. The van der Waals surface area contributed by atoms with Crippen molar-refractivity contribution in [3.63, 3.8) is 0 Å². The lowest BCUT2D eigenvalue weighted by molar-refractivity contribution is 0.157. The van der Waals surface area contributed by atoms with Gasteiger partial charge in [0.25, 0.3) is 5.95 Å². The summed E-state index contributed by atoms with van der Waals surface area (Å²) in [6, 6.07) is 5.04. The Morgan fingerprint density at radius 2 is 1.88 bits per heavy atom. The molecule has 7 nitrogen and oxygen atoms in total. The predicted octanol–water partition coefficient (Wildman–Crippen LogP) is 4.13. The van der Waals surface area contributed by atoms with Crippen molar-refractivity contribution in [2.75, 3.05) is 32.7 Å². The summed E-state index contributed by atoms with van der Waals surface area (Å²) in [7, 11) is 0. The van der Waals surface area contributed by atoms with Gasteiger partial charge in [-0.1, -0.05) is 19.1 Å².